The molecule has 1 aliphatic heterocycles. The van der Waals surface area contributed by atoms with Crippen molar-refractivity contribution in [1.82, 2.24) is 0 Å². The molecule has 1 heterocycles. The number of allylic oxidation sites excluding steroid dienone is 1. The van der Waals surface area contributed by atoms with E-state index in [1.54, 1.807) is 45.2 Å². The number of nitrogens with two attached hydrogens (primary N) is 1. The minimum Gasteiger partial charge on any atom is -0.497 e. The first kappa shape index (κ1) is 16.1. The van der Waals surface area contributed by atoms with Crippen molar-refractivity contribution in [2.24, 2.45) is 16.1 Å². The van der Waals surface area contributed by atoms with Crippen LogP contribution in [0.5, 0.6) is 5.75 Å². The van der Waals surface area contributed by atoms with Crippen LogP contribution in [0.25, 0.3) is 0 Å². The third-order valence-electron chi connectivity index (χ3n) is 4.26. The van der Waals surface area contributed by atoms with Crippen LogP contribution in [0.2, 0.25) is 0 Å². The number of hydrogen-bond donors (Lipinski definition) is 1. The molecule has 23 heavy (non-hydrogen) atoms. The fraction of sp³-hybridized carbons (Fsp3) is 0.294. The summed E-state index contributed by atoms with van der Waals surface area (Å²) in [5, 5.41) is 28.7. The zero-order valence-electron chi connectivity index (χ0n) is 13.1. The van der Waals surface area contributed by atoms with E-state index in [9.17, 15) is 15.8 Å². The second-order valence-corrected chi connectivity index (χ2v) is 5.37. The van der Waals surface area contributed by atoms with Gasteiger partial charge in [0.1, 0.15) is 17.4 Å². The highest BCUT2D eigenvalue weighted by atomic mass is 16.5. The second-order valence-electron chi connectivity index (χ2n) is 5.37. The van der Waals surface area contributed by atoms with Crippen molar-refractivity contribution in [3.05, 3.63) is 41.1 Å². The van der Waals surface area contributed by atoms with E-state index >= 15 is 0 Å². The van der Waals surface area contributed by atoms with Crippen LogP contribution in [0, 0.1) is 39.4 Å². The van der Waals surface area contributed by atoms with Gasteiger partial charge in [-0.25, -0.2) is 0 Å². The van der Waals surface area contributed by atoms with Crippen molar-refractivity contribution in [2.45, 2.75) is 19.4 Å². The number of benzene rings is 1. The minimum absolute atomic E-state index is 0.0594. The Morgan fingerprint density at radius 2 is 1.70 bits per heavy atom. The van der Waals surface area contributed by atoms with Gasteiger partial charge in [0.15, 0.2) is 0 Å². The van der Waals surface area contributed by atoms with E-state index in [-0.39, 0.29) is 11.3 Å². The molecule has 0 bridgehead atoms. The van der Waals surface area contributed by atoms with E-state index in [0.29, 0.717) is 17.0 Å². The summed E-state index contributed by atoms with van der Waals surface area (Å²) in [4.78, 5) is 4.51. The molecule has 0 spiro atoms. The average Bonchev–Trinajstić information content (AvgIpc) is 2.56. The van der Waals surface area contributed by atoms with Crippen LogP contribution in [0.3, 0.4) is 0 Å². The lowest BCUT2D eigenvalue weighted by Crippen LogP contribution is -2.48. The number of hydrogen-bond acceptors (Lipinski definition) is 6. The molecule has 2 N–H and O–H groups in total. The molecule has 1 atom stereocenters. The van der Waals surface area contributed by atoms with Gasteiger partial charge >= 0.3 is 0 Å². The van der Waals surface area contributed by atoms with Gasteiger partial charge in [0.25, 0.3) is 0 Å². The van der Waals surface area contributed by atoms with Gasteiger partial charge < -0.3 is 10.5 Å². The SMILES string of the molecule is COc1ccc([C@]2(C)N=C(C)C(C#N)=C(N)C2(C#N)C#N)cc1. The van der Waals surface area contributed by atoms with Crippen molar-refractivity contribution in [2.75, 3.05) is 7.11 Å². The molecule has 0 saturated carbocycles. The highest BCUT2D eigenvalue weighted by Gasteiger charge is 2.56. The fourth-order valence-electron chi connectivity index (χ4n) is 2.82. The maximum Gasteiger partial charge on any atom is 0.212 e. The van der Waals surface area contributed by atoms with Gasteiger partial charge in [-0.2, -0.15) is 15.8 Å². The molecule has 0 unspecified atom stereocenters. The maximum absolute atomic E-state index is 9.72. The lowest BCUT2D eigenvalue weighted by atomic mass is 9.64. The van der Waals surface area contributed by atoms with E-state index < -0.39 is 11.0 Å². The van der Waals surface area contributed by atoms with Gasteiger partial charge in [-0.05, 0) is 31.5 Å². The molecule has 1 aromatic rings. The first-order valence-corrected chi connectivity index (χ1v) is 6.84. The molecule has 0 aromatic heterocycles. The normalized spacial score (nSPS) is 22.3. The highest BCUT2D eigenvalue weighted by Crippen LogP contribution is 2.49. The molecule has 1 aliphatic rings. The first-order valence-electron chi connectivity index (χ1n) is 6.84. The zero-order valence-corrected chi connectivity index (χ0v) is 13.1. The molecular formula is C17H15N5O. The molecule has 0 amide bonds. The molecule has 1 aromatic carbocycles. The summed E-state index contributed by atoms with van der Waals surface area (Å²) in [6, 6.07) is 12.8. The van der Waals surface area contributed by atoms with Gasteiger partial charge in [0, 0.05) is 0 Å². The van der Waals surface area contributed by atoms with E-state index in [1.807, 2.05) is 18.2 Å². The smallest absolute Gasteiger partial charge is 0.212 e. The third kappa shape index (κ3) is 2.03. The van der Waals surface area contributed by atoms with Crippen LogP contribution in [0.15, 0.2) is 40.5 Å². The van der Waals surface area contributed by atoms with Crippen molar-refractivity contribution >= 4 is 5.71 Å². The van der Waals surface area contributed by atoms with E-state index in [4.69, 9.17) is 10.5 Å². The Morgan fingerprint density at radius 3 is 2.13 bits per heavy atom. The average molecular weight is 305 g/mol. The van der Waals surface area contributed by atoms with E-state index in [0.717, 1.165) is 0 Å². The predicted octanol–water partition coefficient (Wildman–Crippen LogP) is 2.15. The van der Waals surface area contributed by atoms with Gasteiger partial charge in [-0.15, -0.1) is 0 Å². The van der Waals surface area contributed by atoms with E-state index in [2.05, 4.69) is 4.99 Å². The number of nitrogens with zero attached hydrogens (tertiary/aromatic N) is 4. The summed E-state index contributed by atoms with van der Waals surface area (Å²) in [5.41, 5.74) is 4.14. The summed E-state index contributed by atoms with van der Waals surface area (Å²) < 4.78 is 5.13. The molecule has 6 heteroatoms. The number of nitriles is 3. The number of dihydropyridines is 1. The van der Waals surface area contributed by atoms with Crippen molar-refractivity contribution < 1.29 is 4.74 Å². The number of ether oxygens (including phenoxy) is 1. The topological polar surface area (TPSA) is 119 Å². The van der Waals surface area contributed by atoms with E-state index in [1.165, 1.54) is 0 Å². The molecule has 0 fully saturated rings. The van der Waals surface area contributed by atoms with Crippen molar-refractivity contribution in [3.8, 4) is 24.0 Å². The first-order chi connectivity index (χ1) is 10.9. The largest absolute Gasteiger partial charge is 0.497 e. The van der Waals surface area contributed by atoms with Crippen LogP contribution in [0.4, 0.5) is 0 Å². The second kappa shape index (κ2) is 5.48. The third-order valence-corrected chi connectivity index (χ3v) is 4.26. The zero-order chi connectivity index (χ0) is 17.3. The van der Waals surface area contributed by atoms with Crippen LogP contribution in [-0.2, 0) is 5.54 Å². The van der Waals surface area contributed by atoms with Crippen LogP contribution in [-0.4, -0.2) is 12.8 Å². The quantitative estimate of drug-likeness (QED) is 0.897. The number of methoxy groups -OCH3 is 1. The summed E-state index contributed by atoms with van der Waals surface area (Å²) in [6.07, 6.45) is 0. The predicted molar refractivity (Wildman–Crippen MR) is 83.9 cm³/mol. The Labute approximate surface area is 134 Å². The van der Waals surface area contributed by atoms with Gasteiger partial charge in [0.05, 0.1) is 36.2 Å². The van der Waals surface area contributed by atoms with Gasteiger partial charge in [-0.1, -0.05) is 12.1 Å². The molecule has 6 nitrogen and oxygen atoms in total. The Bertz CT molecular complexity index is 816. The molecule has 0 aliphatic carbocycles. The lowest BCUT2D eigenvalue weighted by molar-refractivity contribution is 0.323. The standard InChI is InChI=1S/C17H15N5O/c1-11-14(8-18)15(21)17(9-19,10-20)16(2,22-11)12-4-6-13(23-3)7-5-12/h4-7H,21H2,1-3H3/t16-/m0/s1. The molecular weight excluding hydrogens is 290 g/mol. The number of rotatable bonds is 2. The fourth-order valence-corrected chi connectivity index (χ4v) is 2.82. The van der Waals surface area contributed by atoms with Crippen LogP contribution >= 0.6 is 0 Å². The van der Waals surface area contributed by atoms with Crippen LogP contribution in [0.1, 0.15) is 19.4 Å². The Kier molecular flexibility index (Phi) is 3.83. The number of aliphatic imine (C=N–C) groups is 1. The molecule has 114 valence electrons. The minimum atomic E-state index is -1.76. The maximum atomic E-state index is 9.72. The van der Waals surface area contributed by atoms with Gasteiger partial charge in [-0.3, -0.25) is 4.99 Å². The molecule has 0 saturated heterocycles. The van der Waals surface area contributed by atoms with Crippen LogP contribution < -0.4 is 10.5 Å². The molecule has 0 radical (unpaired) electrons. The Hall–Kier alpha value is -3.30. The summed E-state index contributed by atoms with van der Waals surface area (Å²) >= 11 is 0. The Morgan fingerprint density at radius 1 is 1.13 bits per heavy atom. The Balaban J connectivity index is 2.79. The lowest BCUT2D eigenvalue weighted by Gasteiger charge is -2.40. The summed E-state index contributed by atoms with van der Waals surface area (Å²) in [6.45, 7) is 3.32. The van der Waals surface area contributed by atoms with Crippen molar-refractivity contribution in [1.29, 1.82) is 15.8 Å². The monoisotopic (exact) mass is 305 g/mol. The molecule has 2 rings (SSSR count). The van der Waals surface area contributed by atoms with Gasteiger partial charge in [0.2, 0.25) is 5.41 Å². The summed E-state index contributed by atoms with van der Waals surface area (Å²) in [5.74, 6) is 0.648. The summed E-state index contributed by atoms with van der Waals surface area (Å²) in [7, 11) is 1.55. The highest BCUT2D eigenvalue weighted by molar-refractivity contribution is 6.04. The van der Waals surface area contributed by atoms with Crippen molar-refractivity contribution in [3.63, 3.8) is 0 Å².